The van der Waals surface area contributed by atoms with E-state index in [4.69, 9.17) is 0 Å². The van der Waals surface area contributed by atoms with E-state index in [1.54, 1.807) is 49.1 Å². The number of nitrogens with zero attached hydrogens (tertiary/aromatic N) is 4. The molecule has 0 unspecified atom stereocenters. The molecule has 4 rings (SSSR count). The predicted molar refractivity (Wildman–Crippen MR) is 92.0 cm³/mol. The minimum atomic E-state index is 0.212. The third kappa shape index (κ3) is 2.85. The molecule has 3 heterocycles. The third-order valence-corrected chi connectivity index (χ3v) is 3.51. The van der Waals surface area contributed by atoms with Gasteiger partial charge in [0.1, 0.15) is 11.3 Å². The van der Waals surface area contributed by atoms with Gasteiger partial charge in [-0.05, 0) is 42.5 Å². The Hall–Kier alpha value is -3.54. The molecule has 6 heteroatoms. The van der Waals surface area contributed by atoms with E-state index in [0.29, 0.717) is 11.3 Å². The number of aromatic hydroxyl groups is 1. The summed E-state index contributed by atoms with van der Waals surface area (Å²) in [6, 6.07) is 12.5. The van der Waals surface area contributed by atoms with Gasteiger partial charge in [0.15, 0.2) is 5.82 Å². The zero-order chi connectivity index (χ0) is 16.4. The second kappa shape index (κ2) is 5.92. The standard InChI is InChI=1S/C18H13N5O/c24-15-5-3-12(4-6-15)18-21-11-17-16(23-18)8-14(10-20-17)22-13-2-1-7-19-9-13/h1-11,22,24H. The van der Waals surface area contributed by atoms with Gasteiger partial charge in [0.05, 0.1) is 35.5 Å². The number of phenols is 1. The van der Waals surface area contributed by atoms with E-state index < -0.39 is 0 Å². The molecule has 0 aliphatic carbocycles. The molecule has 24 heavy (non-hydrogen) atoms. The van der Waals surface area contributed by atoms with Crippen LogP contribution in [0.3, 0.4) is 0 Å². The van der Waals surface area contributed by atoms with Crippen LogP contribution in [0.2, 0.25) is 0 Å². The van der Waals surface area contributed by atoms with Gasteiger partial charge in [0.25, 0.3) is 0 Å². The van der Waals surface area contributed by atoms with Crippen molar-refractivity contribution < 1.29 is 5.11 Å². The van der Waals surface area contributed by atoms with Gasteiger partial charge in [0, 0.05) is 11.8 Å². The van der Waals surface area contributed by atoms with Crippen LogP contribution in [0.25, 0.3) is 22.4 Å². The molecular weight excluding hydrogens is 302 g/mol. The second-order valence-electron chi connectivity index (χ2n) is 5.24. The average molecular weight is 315 g/mol. The summed E-state index contributed by atoms with van der Waals surface area (Å²) in [6.45, 7) is 0. The molecule has 6 nitrogen and oxygen atoms in total. The molecule has 0 bridgehead atoms. The number of phenolic OH excluding ortho intramolecular Hbond substituents is 1. The SMILES string of the molecule is Oc1ccc(-c2ncc3ncc(Nc4cccnc4)cc3n2)cc1. The van der Waals surface area contributed by atoms with Crippen LogP contribution in [0.4, 0.5) is 11.4 Å². The van der Waals surface area contributed by atoms with Gasteiger partial charge in [-0.2, -0.15) is 0 Å². The monoisotopic (exact) mass is 315 g/mol. The first kappa shape index (κ1) is 14.1. The smallest absolute Gasteiger partial charge is 0.159 e. The lowest BCUT2D eigenvalue weighted by atomic mass is 10.2. The first-order chi connectivity index (χ1) is 11.8. The quantitative estimate of drug-likeness (QED) is 0.601. The molecule has 2 N–H and O–H groups in total. The zero-order valence-corrected chi connectivity index (χ0v) is 12.6. The molecule has 0 fully saturated rings. The van der Waals surface area contributed by atoms with Crippen molar-refractivity contribution in [2.75, 3.05) is 5.32 Å². The van der Waals surface area contributed by atoms with E-state index in [2.05, 4.69) is 25.3 Å². The van der Waals surface area contributed by atoms with Crippen molar-refractivity contribution >= 4 is 22.4 Å². The van der Waals surface area contributed by atoms with Gasteiger partial charge >= 0.3 is 0 Å². The van der Waals surface area contributed by atoms with Crippen LogP contribution in [0.15, 0.2) is 67.3 Å². The van der Waals surface area contributed by atoms with Gasteiger partial charge in [-0.25, -0.2) is 9.97 Å². The molecule has 0 amide bonds. The van der Waals surface area contributed by atoms with Gasteiger partial charge in [-0.1, -0.05) is 0 Å². The summed E-state index contributed by atoms with van der Waals surface area (Å²) in [5.74, 6) is 0.798. The van der Waals surface area contributed by atoms with Crippen LogP contribution in [-0.4, -0.2) is 25.0 Å². The molecule has 0 spiro atoms. The number of benzene rings is 1. The van der Waals surface area contributed by atoms with Gasteiger partial charge in [-0.3, -0.25) is 9.97 Å². The maximum atomic E-state index is 9.39. The molecule has 116 valence electrons. The lowest BCUT2D eigenvalue weighted by Crippen LogP contribution is -1.95. The molecule has 0 aliphatic rings. The summed E-state index contributed by atoms with van der Waals surface area (Å²) < 4.78 is 0. The molecule has 4 aromatic rings. The lowest BCUT2D eigenvalue weighted by molar-refractivity contribution is 0.475. The minimum absolute atomic E-state index is 0.212. The Kier molecular flexibility index (Phi) is 3.47. The number of nitrogens with one attached hydrogen (secondary N) is 1. The number of hydrogen-bond acceptors (Lipinski definition) is 6. The third-order valence-electron chi connectivity index (χ3n) is 3.51. The van der Waals surface area contributed by atoms with E-state index in [0.717, 1.165) is 22.5 Å². The van der Waals surface area contributed by atoms with Crippen LogP contribution >= 0.6 is 0 Å². The normalized spacial score (nSPS) is 10.7. The summed E-state index contributed by atoms with van der Waals surface area (Å²) in [6.07, 6.45) is 6.89. The first-order valence-electron chi connectivity index (χ1n) is 7.37. The summed E-state index contributed by atoms with van der Waals surface area (Å²) in [5.41, 5.74) is 3.99. The fourth-order valence-corrected chi connectivity index (χ4v) is 2.34. The average Bonchev–Trinajstić information content (AvgIpc) is 2.63. The highest BCUT2D eigenvalue weighted by Crippen LogP contribution is 2.22. The molecule has 0 saturated carbocycles. The van der Waals surface area contributed by atoms with Crippen LogP contribution < -0.4 is 5.32 Å². The summed E-state index contributed by atoms with van der Waals surface area (Å²) in [5, 5.41) is 12.6. The lowest BCUT2D eigenvalue weighted by Gasteiger charge is -2.07. The number of fused-ring (bicyclic) bond motifs is 1. The van der Waals surface area contributed by atoms with Gasteiger partial charge < -0.3 is 10.4 Å². The number of anilines is 2. The van der Waals surface area contributed by atoms with Crippen molar-refractivity contribution in [2.45, 2.75) is 0 Å². The van der Waals surface area contributed by atoms with Crippen molar-refractivity contribution in [3.8, 4) is 17.1 Å². The molecule has 0 radical (unpaired) electrons. The van der Waals surface area contributed by atoms with E-state index in [-0.39, 0.29) is 5.75 Å². The van der Waals surface area contributed by atoms with Crippen LogP contribution in [0, 0.1) is 0 Å². The first-order valence-corrected chi connectivity index (χ1v) is 7.37. The fraction of sp³-hybridized carbons (Fsp3) is 0. The summed E-state index contributed by atoms with van der Waals surface area (Å²) >= 11 is 0. The molecule has 3 aromatic heterocycles. The van der Waals surface area contributed by atoms with E-state index >= 15 is 0 Å². The number of rotatable bonds is 3. The highest BCUT2D eigenvalue weighted by molar-refractivity contribution is 5.79. The Balaban J connectivity index is 1.71. The van der Waals surface area contributed by atoms with Crippen LogP contribution in [0.1, 0.15) is 0 Å². The van der Waals surface area contributed by atoms with Crippen LogP contribution in [-0.2, 0) is 0 Å². The highest BCUT2D eigenvalue weighted by Gasteiger charge is 2.05. The van der Waals surface area contributed by atoms with Gasteiger partial charge in [0.2, 0.25) is 0 Å². The van der Waals surface area contributed by atoms with Crippen molar-refractivity contribution in [1.29, 1.82) is 0 Å². The molecule has 1 aromatic carbocycles. The Morgan fingerprint density at radius 2 is 1.71 bits per heavy atom. The minimum Gasteiger partial charge on any atom is -0.508 e. The molecular formula is C18H13N5O. The largest absolute Gasteiger partial charge is 0.508 e. The maximum Gasteiger partial charge on any atom is 0.159 e. The van der Waals surface area contributed by atoms with Crippen molar-refractivity contribution in [2.24, 2.45) is 0 Å². The number of hydrogen-bond donors (Lipinski definition) is 2. The molecule has 0 atom stereocenters. The Morgan fingerprint density at radius 3 is 2.50 bits per heavy atom. The zero-order valence-electron chi connectivity index (χ0n) is 12.6. The van der Waals surface area contributed by atoms with E-state index in [1.807, 2.05) is 18.2 Å². The summed E-state index contributed by atoms with van der Waals surface area (Å²) in [4.78, 5) is 17.4. The van der Waals surface area contributed by atoms with E-state index in [1.165, 1.54) is 0 Å². The van der Waals surface area contributed by atoms with Crippen molar-refractivity contribution in [1.82, 2.24) is 19.9 Å². The number of pyridine rings is 2. The second-order valence-corrected chi connectivity index (χ2v) is 5.24. The van der Waals surface area contributed by atoms with Crippen molar-refractivity contribution in [3.05, 3.63) is 67.3 Å². The van der Waals surface area contributed by atoms with Crippen molar-refractivity contribution in [3.63, 3.8) is 0 Å². The topological polar surface area (TPSA) is 83.8 Å². The summed E-state index contributed by atoms with van der Waals surface area (Å²) in [7, 11) is 0. The Morgan fingerprint density at radius 1 is 0.833 bits per heavy atom. The Bertz CT molecular complexity index is 987. The van der Waals surface area contributed by atoms with Gasteiger partial charge in [-0.15, -0.1) is 0 Å². The fourth-order valence-electron chi connectivity index (χ4n) is 2.34. The Labute approximate surface area is 137 Å². The predicted octanol–water partition coefficient (Wildman–Crippen LogP) is 3.54. The highest BCUT2D eigenvalue weighted by atomic mass is 16.3. The van der Waals surface area contributed by atoms with Crippen LogP contribution in [0.5, 0.6) is 5.75 Å². The molecule has 0 aliphatic heterocycles. The molecule has 0 saturated heterocycles. The number of aromatic nitrogens is 4. The van der Waals surface area contributed by atoms with E-state index in [9.17, 15) is 5.11 Å². The maximum absolute atomic E-state index is 9.39.